The summed E-state index contributed by atoms with van der Waals surface area (Å²) in [4.78, 5) is 46.4. The van der Waals surface area contributed by atoms with Crippen LogP contribution in [0.1, 0.15) is 31.1 Å². The van der Waals surface area contributed by atoms with Gasteiger partial charge in [-0.3, -0.25) is 4.79 Å². The Labute approximate surface area is 155 Å². The lowest BCUT2D eigenvalue weighted by Gasteiger charge is -2.17. The number of benzene rings is 1. The Balaban J connectivity index is 2.39. The first-order chi connectivity index (χ1) is 12.3. The first-order valence-corrected chi connectivity index (χ1v) is 8.77. The molecule has 0 saturated heterocycles. The highest BCUT2D eigenvalue weighted by Gasteiger charge is 2.24. The van der Waals surface area contributed by atoms with Gasteiger partial charge in [0.25, 0.3) is 0 Å². The molecule has 0 radical (unpaired) electrons. The number of esters is 2. The van der Waals surface area contributed by atoms with Crippen LogP contribution in [0.4, 0.5) is 4.79 Å². The second-order valence-electron chi connectivity index (χ2n) is 5.36. The summed E-state index contributed by atoms with van der Waals surface area (Å²) >= 11 is 0.661. The van der Waals surface area contributed by atoms with E-state index in [1.165, 1.54) is 6.92 Å². The van der Waals surface area contributed by atoms with Gasteiger partial charge < -0.3 is 19.5 Å². The second-order valence-corrected chi connectivity index (χ2v) is 6.32. The van der Waals surface area contributed by atoms with Crippen LogP contribution in [0.2, 0.25) is 0 Å². The molecule has 1 atom stereocenters. The maximum atomic E-state index is 11.9. The van der Waals surface area contributed by atoms with Crippen LogP contribution in [0.5, 0.6) is 0 Å². The Kier molecular flexibility index (Phi) is 9.21. The summed E-state index contributed by atoms with van der Waals surface area (Å²) in [6, 6.07) is 7.25. The molecule has 142 valence electrons. The van der Waals surface area contributed by atoms with Gasteiger partial charge in [0.2, 0.25) is 12.7 Å². The third-order valence-corrected chi connectivity index (χ3v) is 3.61. The van der Waals surface area contributed by atoms with Gasteiger partial charge in [0.05, 0.1) is 11.7 Å². The fraction of sp³-hybridized carbons (Fsp3) is 0.412. The summed E-state index contributed by atoms with van der Waals surface area (Å²) in [6.07, 6.45) is -0.354. The van der Waals surface area contributed by atoms with Gasteiger partial charge in [0.1, 0.15) is 6.04 Å². The van der Waals surface area contributed by atoms with E-state index >= 15 is 0 Å². The number of nitrogens with one attached hydrogen (secondary N) is 1. The van der Waals surface area contributed by atoms with Gasteiger partial charge in [-0.2, -0.15) is 0 Å². The third-order valence-electron chi connectivity index (χ3n) is 2.76. The van der Waals surface area contributed by atoms with Crippen molar-refractivity contribution in [3.8, 4) is 0 Å². The Morgan fingerprint density at radius 2 is 1.73 bits per heavy atom. The molecule has 0 aliphatic heterocycles. The van der Waals surface area contributed by atoms with Crippen molar-refractivity contribution < 1.29 is 33.4 Å². The highest BCUT2D eigenvalue weighted by atomic mass is 32.2. The summed E-state index contributed by atoms with van der Waals surface area (Å²) in [5.41, 5.74) is 0.332. The zero-order chi connectivity index (χ0) is 19.5. The second kappa shape index (κ2) is 11.1. The number of hydrogen-bond donors (Lipinski definition) is 1. The van der Waals surface area contributed by atoms with E-state index in [-0.39, 0.29) is 11.9 Å². The van der Waals surface area contributed by atoms with Crippen LogP contribution in [0.3, 0.4) is 0 Å². The first kappa shape index (κ1) is 21.5. The van der Waals surface area contributed by atoms with E-state index in [0.29, 0.717) is 17.3 Å². The zero-order valence-corrected chi connectivity index (χ0v) is 15.5. The molecule has 26 heavy (non-hydrogen) atoms. The molecule has 1 aromatic carbocycles. The van der Waals surface area contributed by atoms with Crippen molar-refractivity contribution in [2.75, 3.05) is 12.5 Å². The number of hydrogen-bond acceptors (Lipinski definition) is 8. The normalized spacial score (nSPS) is 11.4. The van der Waals surface area contributed by atoms with E-state index < -0.39 is 36.0 Å². The van der Waals surface area contributed by atoms with Crippen molar-refractivity contribution in [2.24, 2.45) is 0 Å². The quantitative estimate of drug-likeness (QED) is 0.537. The highest BCUT2D eigenvalue weighted by Crippen LogP contribution is 2.10. The minimum absolute atomic E-state index is 0.0728. The summed E-state index contributed by atoms with van der Waals surface area (Å²) in [7, 11) is 0. The molecule has 0 aromatic heterocycles. The Morgan fingerprint density at radius 1 is 1.08 bits per heavy atom. The largest absolute Gasteiger partial charge is 0.461 e. The van der Waals surface area contributed by atoms with Gasteiger partial charge in [0.15, 0.2) is 0 Å². The minimum Gasteiger partial charge on any atom is -0.461 e. The zero-order valence-electron chi connectivity index (χ0n) is 14.7. The molecule has 0 unspecified atom stereocenters. The maximum Gasteiger partial charge on any atom is 0.370 e. The highest BCUT2D eigenvalue weighted by molar-refractivity contribution is 8.13. The van der Waals surface area contributed by atoms with Crippen LogP contribution >= 0.6 is 11.8 Å². The van der Waals surface area contributed by atoms with Crippen molar-refractivity contribution in [2.45, 2.75) is 32.9 Å². The molecular formula is C17H21NO7S. The average Bonchev–Trinajstić information content (AvgIpc) is 2.58. The summed E-state index contributed by atoms with van der Waals surface area (Å²) in [5.74, 6) is -1.77. The fourth-order valence-electron chi connectivity index (χ4n) is 1.71. The average molecular weight is 383 g/mol. The number of thioether (sulfide) groups is 1. The fourth-order valence-corrected chi connectivity index (χ4v) is 2.36. The van der Waals surface area contributed by atoms with Crippen LogP contribution in [-0.2, 0) is 23.8 Å². The Morgan fingerprint density at radius 3 is 2.31 bits per heavy atom. The van der Waals surface area contributed by atoms with E-state index in [2.05, 4.69) is 5.32 Å². The van der Waals surface area contributed by atoms with Crippen molar-refractivity contribution in [1.82, 2.24) is 5.32 Å². The van der Waals surface area contributed by atoms with Crippen LogP contribution in [0.25, 0.3) is 0 Å². The lowest BCUT2D eigenvalue weighted by atomic mass is 10.2. The summed E-state index contributed by atoms with van der Waals surface area (Å²) < 4.78 is 14.6. The molecule has 0 saturated carbocycles. The number of ether oxygens (including phenoxy) is 3. The molecule has 1 amide bonds. The molecule has 1 N–H and O–H groups in total. The van der Waals surface area contributed by atoms with Gasteiger partial charge in [-0.1, -0.05) is 18.2 Å². The number of rotatable bonds is 8. The molecule has 0 spiro atoms. The standard InChI is InChI=1S/C17H21NO7S/c1-11(2)25-16(21)14(18-12(3)19)9-26-17(22)24-10-23-15(20)13-7-5-4-6-8-13/h4-8,11,14H,9-10H2,1-3H3,(H,18,19)/t14-/m0/s1. The number of carbonyl (C=O) groups is 4. The molecule has 1 rings (SSSR count). The number of carbonyl (C=O) groups excluding carboxylic acids is 4. The van der Waals surface area contributed by atoms with Gasteiger partial charge in [-0.25, -0.2) is 14.4 Å². The predicted octanol–water partition coefficient (Wildman–Crippen LogP) is 2.13. The van der Waals surface area contributed by atoms with E-state index in [4.69, 9.17) is 14.2 Å². The molecule has 0 aliphatic rings. The molecule has 0 bridgehead atoms. The SMILES string of the molecule is CC(=O)N[C@@H](CSC(=O)OCOC(=O)c1ccccc1)C(=O)OC(C)C. The summed E-state index contributed by atoms with van der Waals surface area (Å²) in [5, 5.41) is 1.66. The lowest BCUT2D eigenvalue weighted by molar-refractivity contribution is -0.150. The molecule has 8 nitrogen and oxygen atoms in total. The summed E-state index contributed by atoms with van der Waals surface area (Å²) in [6.45, 7) is 4.04. The molecule has 9 heteroatoms. The van der Waals surface area contributed by atoms with Crippen molar-refractivity contribution in [3.05, 3.63) is 35.9 Å². The number of amides is 1. The minimum atomic E-state index is -0.987. The van der Waals surface area contributed by atoms with Crippen LogP contribution < -0.4 is 5.32 Å². The van der Waals surface area contributed by atoms with E-state index in [9.17, 15) is 19.2 Å². The molecular weight excluding hydrogens is 362 g/mol. The molecule has 1 aromatic rings. The van der Waals surface area contributed by atoms with E-state index in [1.54, 1.807) is 44.2 Å². The molecule has 0 fully saturated rings. The van der Waals surface area contributed by atoms with Gasteiger partial charge in [0, 0.05) is 12.7 Å². The molecule has 0 heterocycles. The van der Waals surface area contributed by atoms with Crippen molar-refractivity contribution in [1.29, 1.82) is 0 Å². The van der Waals surface area contributed by atoms with Crippen molar-refractivity contribution >= 4 is 34.9 Å². The lowest BCUT2D eigenvalue weighted by Crippen LogP contribution is -2.43. The van der Waals surface area contributed by atoms with Gasteiger partial charge in [-0.15, -0.1) is 0 Å². The maximum absolute atomic E-state index is 11.9. The smallest absolute Gasteiger partial charge is 0.370 e. The molecule has 0 aliphatic carbocycles. The third kappa shape index (κ3) is 8.52. The Bertz CT molecular complexity index is 633. The monoisotopic (exact) mass is 383 g/mol. The predicted molar refractivity (Wildman–Crippen MR) is 94.5 cm³/mol. The van der Waals surface area contributed by atoms with Gasteiger partial charge in [-0.05, 0) is 37.7 Å². The van der Waals surface area contributed by atoms with Gasteiger partial charge >= 0.3 is 17.2 Å². The van der Waals surface area contributed by atoms with Crippen LogP contribution in [-0.4, -0.2) is 47.8 Å². The van der Waals surface area contributed by atoms with Crippen LogP contribution in [0.15, 0.2) is 30.3 Å². The first-order valence-electron chi connectivity index (χ1n) is 7.79. The Hall–Kier alpha value is -2.55. The van der Waals surface area contributed by atoms with Crippen molar-refractivity contribution in [3.63, 3.8) is 0 Å². The van der Waals surface area contributed by atoms with E-state index in [1.807, 2.05) is 0 Å². The van der Waals surface area contributed by atoms with Crippen LogP contribution in [0, 0.1) is 0 Å². The van der Waals surface area contributed by atoms with E-state index in [0.717, 1.165) is 0 Å². The topological polar surface area (TPSA) is 108 Å².